The van der Waals surface area contributed by atoms with Crippen LogP contribution in [0.5, 0.6) is 11.5 Å². The summed E-state index contributed by atoms with van der Waals surface area (Å²) in [5, 5.41) is 2.88. The van der Waals surface area contributed by atoms with Crippen molar-refractivity contribution < 1.29 is 28.6 Å². The molecule has 0 unspecified atom stereocenters. The fourth-order valence-corrected chi connectivity index (χ4v) is 2.77. The van der Waals surface area contributed by atoms with Crippen molar-refractivity contribution in [3.63, 3.8) is 0 Å². The topological polar surface area (TPSA) is 117 Å². The standard InChI is InChI=1S/C18H16BrClN2O6/c1-26-15-6-10(2-5-14(15)27-8-16(21)23)18(25)28-9-17(24)22-13-4-3-11(19)7-12(13)20/h2-7H,8-9H2,1H3,(H2,21,23)(H,22,24). The Morgan fingerprint density at radius 3 is 2.50 bits per heavy atom. The highest BCUT2D eigenvalue weighted by Gasteiger charge is 2.15. The molecular formula is C18H16BrClN2O6. The number of amides is 2. The van der Waals surface area contributed by atoms with Gasteiger partial charge in [0, 0.05) is 4.47 Å². The Morgan fingerprint density at radius 1 is 1.11 bits per heavy atom. The Balaban J connectivity index is 1.96. The molecule has 2 aromatic carbocycles. The molecular weight excluding hydrogens is 456 g/mol. The van der Waals surface area contributed by atoms with Gasteiger partial charge in [0.25, 0.3) is 11.8 Å². The van der Waals surface area contributed by atoms with E-state index in [2.05, 4.69) is 21.2 Å². The molecule has 2 rings (SSSR count). The zero-order valence-electron chi connectivity index (χ0n) is 14.7. The summed E-state index contributed by atoms with van der Waals surface area (Å²) in [6.07, 6.45) is 0. The van der Waals surface area contributed by atoms with Crippen molar-refractivity contribution in [2.24, 2.45) is 5.73 Å². The molecule has 2 aromatic rings. The van der Waals surface area contributed by atoms with E-state index in [1.54, 1.807) is 18.2 Å². The highest BCUT2D eigenvalue weighted by atomic mass is 79.9. The number of hydrogen-bond donors (Lipinski definition) is 2. The van der Waals surface area contributed by atoms with Gasteiger partial charge in [-0.2, -0.15) is 0 Å². The van der Waals surface area contributed by atoms with Crippen LogP contribution in [0.25, 0.3) is 0 Å². The predicted octanol–water partition coefficient (Wildman–Crippen LogP) is 2.77. The molecule has 10 heteroatoms. The van der Waals surface area contributed by atoms with Crippen molar-refractivity contribution in [1.82, 2.24) is 0 Å². The van der Waals surface area contributed by atoms with Crippen LogP contribution in [-0.2, 0) is 14.3 Å². The Labute approximate surface area is 174 Å². The van der Waals surface area contributed by atoms with Gasteiger partial charge in [0.2, 0.25) is 0 Å². The number of nitrogens with two attached hydrogens (primary N) is 1. The van der Waals surface area contributed by atoms with Gasteiger partial charge in [-0.05, 0) is 36.4 Å². The van der Waals surface area contributed by atoms with Gasteiger partial charge in [-0.1, -0.05) is 27.5 Å². The largest absolute Gasteiger partial charge is 0.493 e. The first-order chi connectivity index (χ1) is 13.3. The van der Waals surface area contributed by atoms with Gasteiger partial charge in [-0.15, -0.1) is 0 Å². The average molecular weight is 472 g/mol. The number of rotatable bonds is 8. The third-order valence-electron chi connectivity index (χ3n) is 3.31. The van der Waals surface area contributed by atoms with Crippen LogP contribution < -0.4 is 20.5 Å². The monoisotopic (exact) mass is 470 g/mol. The number of nitrogens with one attached hydrogen (secondary N) is 1. The Hall–Kier alpha value is -2.78. The van der Waals surface area contributed by atoms with E-state index in [1.807, 2.05) is 0 Å². The molecule has 0 heterocycles. The zero-order valence-corrected chi connectivity index (χ0v) is 17.0. The van der Waals surface area contributed by atoms with Gasteiger partial charge >= 0.3 is 5.97 Å². The number of primary amides is 1. The third-order valence-corrected chi connectivity index (χ3v) is 4.11. The maximum Gasteiger partial charge on any atom is 0.338 e. The maximum atomic E-state index is 12.2. The average Bonchev–Trinajstić information content (AvgIpc) is 2.66. The Kier molecular flexibility index (Phi) is 7.65. The molecule has 0 atom stereocenters. The number of benzene rings is 2. The van der Waals surface area contributed by atoms with Gasteiger partial charge in [0.1, 0.15) is 0 Å². The molecule has 2 amide bonds. The molecule has 0 spiro atoms. The molecule has 28 heavy (non-hydrogen) atoms. The Morgan fingerprint density at radius 2 is 1.86 bits per heavy atom. The number of esters is 1. The van der Waals surface area contributed by atoms with Gasteiger partial charge in [0.05, 0.1) is 23.4 Å². The fraction of sp³-hybridized carbons (Fsp3) is 0.167. The SMILES string of the molecule is COc1cc(C(=O)OCC(=O)Nc2ccc(Br)cc2Cl)ccc1OCC(N)=O. The molecule has 148 valence electrons. The quantitative estimate of drug-likeness (QED) is 0.572. The van der Waals surface area contributed by atoms with Crippen molar-refractivity contribution >= 4 is 51.0 Å². The lowest BCUT2D eigenvalue weighted by Crippen LogP contribution is -2.21. The van der Waals surface area contributed by atoms with E-state index in [0.29, 0.717) is 10.7 Å². The summed E-state index contributed by atoms with van der Waals surface area (Å²) in [6.45, 7) is -0.841. The van der Waals surface area contributed by atoms with Gasteiger partial charge in [0.15, 0.2) is 24.7 Å². The highest BCUT2D eigenvalue weighted by molar-refractivity contribution is 9.10. The first kappa shape index (κ1) is 21.5. The number of ether oxygens (including phenoxy) is 3. The third kappa shape index (κ3) is 6.14. The van der Waals surface area contributed by atoms with Crippen LogP contribution in [0.2, 0.25) is 5.02 Å². The summed E-state index contributed by atoms with van der Waals surface area (Å²) >= 11 is 9.28. The van der Waals surface area contributed by atoms with E-state index in [9.17, 15) is 14.4 Å². The first-order valence-corrected chi connectivity index (χ1v) is 8.98. The molecule has 8 nitrogen and oxygen atoms in total. The van der Waals surface area contributed by atoms with Crippen molar-refractivity contribution in [3.8, 4) is 11.5 Å². The second-order valence-corrected chi connectivity index (χ2v) is 6.69. The summed E-state index contributed by atoms with van der Waals surface area (Å²) in [5.41, 5.74) is 5.55. The summed E-state index contributed by atoms with van der Waals surface area (Å²) in [6, 6.07) is 9.15. The molecule has 0 fully saturated rings. The van der Waals surface area contributed by atoms with Crippen LogP contribution in [0.4, 0.5) is 5.69 Å². The molecule has 3 N–H and O–H groups in total. The van der Waals surface area contributed by atoms with Gasteiger partial charge in [-0.3, -0.25) is 9.59 Å². The van der Waals surface area contributed by atoms with E-state index >= 15 is 0 Å². The van der Waals surface area contributed by atoms with Crippen LogP contribution >= 0.6 is 27.5 Å². The highest BCUT2D eigenvalue weighted by Crippen LogP contribution is 2.28. The zero-order chi connectivity index (χ0) is 20.7. The van der Waals surface area contributed by atoms with E-state index in [0.717, 1.165) is 4.47 Å². The molecule has 0 aliphatic rings. The fourth-order valence-electron chi connectivity index (χ4n) is 2.05. The van der Waals surface area contributed by atoms with Crippen LogP contribution in [-0.4, -0.2) is 38.1 Å². The van der Waals surface area contributed by atoms with E-state index in [4.69, 9.17) is 31.5 Å². The molecule has 0 saturated heterocycles. The van der Waals surface area contributed by atoms with Gasteiger partial charge < -0.3 is 25.3 Å². The minimum absolute atomic E-state index is 0.137. The van der Waals surface area contributed by atoms with Crippen LogP contribution in [0.15, 0.2) is 40.9 Å². The predicted molar refractivity (Wildman–Crippen MR) is 106 cm³/mol. The normalized spacial score (nSPS) is 10.1. The van der Waals surface area contributed by atoms with E-state index < -0.39 is 24.4 Å². The van der Waals surface area contributed by atoms with Crippen molar-refractivity contribution in [1.29, 1.82) is 0 Å². The van der Waals surface area contributed by atoms with Crippen LogP contribution in [0.3, 0.4) is 0 Å². The van der Waals surface area contributed by atoms with Crippen molar-refractivity contribution in [3.05, 3.63) is 51.5 Å². The number of hydrogen-bond acceptors (Lipinski definition) is 6. The molecule has 0 aliphatic heterocycles. The van der Waals surface area contributed by atoms with Crippen LogP contribution in [0, 0.1) is 0 Å². The smallest absolute Gasteiger partial charge is 0.338 e. The molecule has 0 radical (unpaired) electrons. The lowest BCUT2D eigenvalue weighted by Gasteiger charge is -2.11. The maximum absolute atomic E-state index is 12.2. The second-order valence-electron chi connectivity index (χ2n) is 5.37. The summed E-state index contributed by atoms with van der Waals surface area (Å²) in [5.74, 6) is -1.49. The number of carbonyl (C=O) groups is 3. The lowest BCUT2D eigenvalue weighted by atomic mass is 10.2. The molecule has 0 aromatic heterocycles. The van der Waals surface area contributed by atoms with Crippen molar-refractivity contribution in [2.45, 2.75) is 0 Å². The van der Waals surface area contributed by atoms with Crippen molar-refractivity contribution in [2.75, 3.05) is 25.6 Å². The summed E-state index contributed by atoms with van der Waals surface area (Å²) in [4.78, 5) is 34.9. The van der Waals surface area contributed by atoms with E-state index in [-0.39, 0.29) is 23.7 Å². The summed E-state index contributed by atoms with van der Waals surface area (Å²) < 4.78 is 16.0. The minimum atomic E-state index is -0.739. The van der Waals surface area contributed by atoms with E-state index in [1.165, 1.54) is 25.3 Å². The number of carbonyl (C=O) groups excluding carboxylic acids is 3. The first-order valence-electron chi connectivity index (χ1n) is 7.81. The molecule has 0 saturated carbocycles. The second kappa shape index (κ2) is 9.95. The van der Waals surface area contributed by atoms with Gasteiger partial charge in [-0.25, -0.2) is 4.79 Å². The number of halogens is 2. The lowest BCUT2D eigenvalue weighted by molar-refractivity contribution is -0.120. The Bertz CT molecular complexity index is 906. The number of methoxy groups -OCH3 is 1. The minimum Gasteiger partial charge on any atom is -0.493 e. The summed E-state index contributed by atoms with van der Waals surface area (Å²) in [7, 11) is 1.37. The van der Waals surface area contributed by atoms with Crippen LogP contribution in [0.1, 0.15) is 10.4 Å². The number of anilines is 1. The molecule has 0 bridgehead atoms. The molecule has 0 aliphatic carbocycles.